The number of carbonyl (C=O) groups excluding carboxylic acids is 1. The van der Waals surface area contributed by atoms with Crippen molar-refractivity contribution in [3.05, 3.63) is 65.5 Å². The molecule has 1 amide bonds. The molecule has 0 unspecified atom stereocenters. The van der Waals surface area contributed by atoms with Crippen molar-refractivity contribution < 1.29 is 4.79 Å². The molecule has 0 aliphatic carbocycles. The van der Waals surface area contributed by atoms with Crippen LogP contribution in [0.5, 0.6) is 0 Å². The van der Waals surface area contributed by atoms with E-state index in [1.54, 1.807) is 0 Å². The Bertz CT molecular complexity index is 866. The fraction of sp³-hybridized carbons (Fsp3) is 0.222. The van der Waals surface area contributed by atoms with Gasteiger partial charge in [-0.3, -0.25) is 4.79 Å². The zero-order valence-electron chi connectivity index (χ0n) is 12.5. The number of rotatable bonds is 1. The number of hydrogen-bond acceptors (Lipinski definition) is 2. The second-order valence-corrected chi connectivity index (χ2v) is 5.76. The summed E-state index contributed by atoms with van der Waals surface area (Å²) in [6.07, 6.45) is 0. The molecule has 2 aromatic carbocycles. The van der Waals surface area contributed by atoms with Gasteiger partial charge in [-0.2, -0.15) is 0 Å². The van der Waals surface area contributed by atoms with Gasteiger partial charge >= 0.3 is 0 Å². The lowest BCUT2D eigenvalue weighted by Gasteiger charge is -2.28. The van der Waals surface area contributed by atoms with Crippen molar-refractivity contribution in [1.82, 2.24) is 14.5 Å². The number of para-hydroxylation sites is 2. The molecule has 4 heteroatoms. The molecule has 22 heavy (non-hydrogen) atoms. The minimum atomic E-state index is 0.0852. The third-order valence-corrected chi connectivity index (χ3v) is 4.21. The first-order valence-corrected chi connectivity index (χ1v) is 7.52. The van der Waals surface area contributed by atoms with Crippen LogP contribution in [0.1, 0.15) is 21.7 Å². The van der Waals surface area contributed by atoms with Crippen LogP contribution in [0.2, 0.25) is 0 Å². The quantitative estimate of drug-likeness (QED) is 0.691. The largest absolute Gasteiger partial charge is 0.329 e. The van der Waals surface area contributed by atoms with E-state index in [1.807, 2.05) is 54.3 Å². The van der Waals surface area contributed by atoms with E-state index in [0.29, 0.717) is 6.54 Å². The Labute approximate surface area is 129 Å². The van der Waals surface area contributed by atoms with Crippen LogP contribution >= 0.6 is 0 Å². The molecule has 1 aliphatic rings. The third kappa shape index (κ3) is 2.08. The van der Waals surface area contributed by atoms with Gasteiger partial charge in [0.25, 0.3) is 5.91 Å². The van der Waals surface area contributed by atoms with Crippen LogP contribution in [0, 0.1) is 6.92 Å². The van der Waals surface area contributed by atoms with Gasteiger partial charge in [0.2, 0.25) is 0 Å². The van der Waals surface area contributed by atoms with Gasteiger partial charge < -0.3 is 9.47 Å². The fourth-order valence-corrected chi connectivity index (χ4v) is 3.10. The van der Waals surface area contributed by atoms with E-state index in [9.17, 15) is 4.79 Å². The van der Waals surface area contributed by atoms with Crippen LogP contribution in [0.25, 0.3) is 11.0 Å². The predicted molar refractivity (Wildman–Crippen MR) is 85.7 cm³/mol. The second-order valence-electron chi connectivity index (χ2n) is 5.76. The normalized spacial score (nSPS) is 14.1. The number of nitrogens with zero attached hydrogens (tertiary/aromatic N) is 3. The summed E-state index contributed by atoms with van der Waals surface area (Å²) in [7, 11) is 0. The molecule has 0 atom stereocenters. The molecule has 0 N–H and O–H groups in total. The van der Waals surface area contributed by atoms with Crippen molar-refractivity contribution in [3.8, 4) is 0 Å². The highest BCUT2D eigenvalue weighted by atomic mass is 16.2. The van der Waals surface area contributed by atoms with E-state index in [0.717, 1.165) is 41.1 Å². The number of aromatic nitrogens is 2. The van der Waals surface area contributed by atoms with Crippen LogP contribution in [0.3, 0.4) is 0 Å². The molecule has 4 nitrogen and oxygen atoms in total. The molecule has 0 bridgehead atoms. The predicted octanol–water partition coefficient (Wildman–Crippen LogP) is 3.00. The number of hydrogen-bond donors (Lipinski definition) is 0. The summed E-state index contributed by atoms with van der Waals surface area (Å²) in [5.74, 6) is 1.05. The number of carbonyl (C=O) groups is 1. The number of imidazole rings is 1. The van der Waals surface area contributed by atoms with Gasteiger partial charge in [-0.05, 0) is 31.2 Å². The summed E-state index contributed by atoms with van der Waals surface area (Å²) in [6.45, 7) is 4.10. The number of aryl methyl sites for hydroxylation is 1. The molecule has 0 fully saturated rings. The minimum absolute atomic E-state index is 0.0852. The van der Waals surface area contributed by atoms with E-state index in [4.69, 9.17) is 0 Å². The number of benzene rings is 2. The van der Waals surface area contributed by atoms with E-state index < -0.39 is 0 Å². The Hall–Kier alpha value is -2.62. The van der Waals surface area contributed by atoms with Crippen LogP contribution < -0.4 is 0 Å². The van der Waals surface area contributed by atoms with Crippen molar-refractivity contribution in [2.75, 3.05) is 6.54 Å². The molecule has 3 aromatic rings. The van der Waals surface area contributed by atoms with Gasteiger partial charge in [-0.1, -0.05) is 29.8 Å². The fourth-order valence-electron chi connectivity index (χ4n) is 3.10. The monoisotopic (exact) mass is 291 g/mol. The number of fused-ring (bicyclic) bond motifs is 3. The topological polar surface area (TPSA) is 38.1 Å². The van der Waals surface area contributed by atoms with Gasteiger partial charge in [0.15, 0.2) is 0 Å². The summed E-state index contributed by atoms with van der Waals surface area (Å²) in [5, 5.41) is 0. The average Bonchev–Trinajstić information content (AvgIpc) is 2.91. The maximum atomic E-state index is 12.7. The molecule has 4 rings (SSSR count). The lowest BCUT2D eigenvalue weighted by Crippen LogP contribution is -2.38. The second kappa shape index (κ2) is 4.98. The summed E-state index contributed by atoms with van der Waals surface area (Å²) >= 11 is 0. The van der Waals surface area contributed by atoms with E-state index in [2.05, 4.69) is 15.6 Å². The molecular formula is C18H17N3O. The third-order valence-electron chi connectivity index (χ3n) is 4.21. The van der Waals surface area contributed by atoms with Gasteiger partial charge in [0.05, 0.1) is 17.6 Å². The summed E-state index contributed by atoms with van der Waals surface area (Å²) in [6, 6.07) is 15.9. The van der Waals surface area contributed by atoms with Crippen LogP contribution in [-0.2, 0) is 13.1 Å². The van der Waals surface area contributed by atoms with Crippen molar-refractivity contribution in [3.63, 3.8) is 0 Å². The Morgan fingerprint density at radius 3 is 2.82 bits per heavy atom. The molecule has 1 aliphatic heterocycles. The zero-order chi connectivity index (χ0) is 15.1. The molecule has 0 saturated heterocycles. The van der Waals surface area contributed by atoms with Crippen molar-refractivity contribution in [1.29, 1.82) is 0 Å². The molecule has 0 radical (unpaired) electrons. The van der Waals surface area contributed by atoms with E-state index >= 15 is 0 Å². The summed E-state index contributed by atoms with van der Waals surface area (Å²) < 4.78 is 2.22. The van der Waals surface area contributed by atoms with Crippen LogP contribution in [-0.4, -0.2) is 26.9 Å². The minimum Gasteiger partial charge on any atom is -0.329 e. The maximum Gasteiger partial charge on any atom is 0.254 e. The summed E-state index contributed by atoms with van der Waals surface area (Å²) in [5.41, 5.74) is 4.02. The van der Waals surface area contributed by atoms with E-state index in [-0.39, 0.29) is 5.91 Å². The van der Waals surface area contributed by atoms with Gasteiger partial charge in [0, 0.05) is 18.7 Å². The molecular weight excluding hydrogens is 274 g/mol. The van der Waals surface area contributed by atoms with Crippen LogP contribution in [0.15, 0.2) is 48.5 Å². The molecule has 110 valence electrons. The SMILES string of the molecule is Cc1cccc(C(=O)N2CCn3c(nc4ccccc43)C2)c1. The van der Waals surface area contributed by atoms with Gasteiger partial charge in [-0.15, -0.1) is 0 Å². The lowest BCUT2D eigenvalue weighted by molar-refractivity contribution is 0.0709. The highest BCUT2D eigenvalue weighted by Crippen LogP contribution is 2.21. The highest BCUT2D eigenvalue weighted by molar-refractivity contribution is 5.94. The standard InChI is InChI=1S/C18H17N3O/c1-13-5-4-6-14(11-13)18(22)20-9-10-21-16-8-3-2-7-15(16)19-17(21)12-20/h2-8,11H,9-10,12H2,1H3. The van der Waals surface area contributed by atoms with Crippen molar-refractivity contribution in [2.45, 2.75) is 20.0 Å². The smallest absolute Gasteiger partial charge is 0.254 e. The van der Waals surface area contributed by atoms with Crippen molar-refractivity contribution in [2.24, 2.45) is 0 Å². The van der Waals surface area contributed by atoms with Crippen LogP contribution in [0.4, 0.5) is 0 Å². The first kappa shape index (κ1) is 13.1. The molecule has 2 heterocycles. The maximum absolute atomic E-state index is 12.7. The molecule has 1 aromatic heterocycles. The summed E-state index contributed by atoms with van der Waals surface area (Å²) in [4.78, 5) is 19.2. The molecule has 0 saturated carbocycles. The molecule has 0 spiro atoms. The van der Waals surface area contributed by atoms with E-state index in [1.165, 1.54) is 0 Å². The van der Waals surface area contributed by atoms with Gasteiger partial charge in [0.1, 0.15) is 5.82 Å². The van der Waals surface area contributed by atoms with Crippen molar-refractivity contribution >= 4 is 16.9 Å². The first-order valence-electron chi connectivity index (χ1n) is 7.52. The Morgan fingerprint density at radius 1 is 1.09 bits per heavy atom. The van der Waals surface area contributed by atoms with Gasteiger partial charge in [-0.25, -0.2) is 4.98 Å². The average molecular weight is 291 g/mol. The Morgan fingerprint density at radius 2 is 1.95 bits per heavy atom. The lowest BCUT2D eigenvalue weighted by atomic mass is 10.1. The Kier molecular flexibility index (Phi) is 2.96. The zero-order valence-corrected chi connectivity index (χ0v) is 12.5. The first-order chi connectivity index (χ1) is 10.7. The highest BCUT2D eigenvalue weighted by Gasteiger charge is 2.24. The Balaban J connectivity index is 1.65. The number of amides is 1.